The average molecular weight is 374 g/mol. The van der Waals surface area contributed by atoms with Crippen molar-refractivity contribution in [2.75, 3.05) is 6.54 Å². The van der Waals surface area contributed by atoms with E-state index in [-0.39, 0.29) is 5.91 Å². The molecule has 1 fully saturated rings. The number of amides is 1. The first-order valence-electron chi connectivity index (χ1n) is 10.3. The van der Waals surface area contributed by atoms with Crippen LogP contribution in [0.5, 0.6) is 0 Å². The highest BCUT2D eigenvalue weighted by Crippen LogP contribution is 2.48. The van der Waals surface area contributed by atoms with E-state index in [1.165, 1.54) is 23.1 Å². The Morgan fingerprint density at radius 2 is 1.75 bits per heavy atom. The molecule has 2 nitrogen and oxygen atoms in total. The lowest BCUT2D eigenvalue weighted by atomic mass is 10.0. The van der Waals surface area contributed by atoms with Crippen LogP contribution in [0.15, 0.2) is 78.4 Å². The molecule has 0 radical (unpaired) electrons. The number of hydrogen-bond acceptors (Lipinski definition) is 1. The lowest BCUT2D eigenvalue weighted by Gasteiger charge is -2.05. The summed E-state index contributed by atoms with van der Waals surface area (Å²) < 4.78 is 0. The van der Waals surface area contributed by atoms with E-state index in [1.54, 1.807) is 6.08 Å². The third-order valence-corrected chi connectivity index (χ3v) is 5.15. The summed E-state index contributed by atoms with van der Waals surface area (Å²) in [4.78, 5) is 11.8. The van der Waals surface area contributed by atoms with Crippen LogP contribution in [-0.4, -0.2) is 12.5 Å². The quantitative estimate of drug-likeness (QED) is 0.470. The van der Waals surface area contributed by atoms with Gasteiger partial charge in [0.05, 0.1) is 0 Å². The van der Waals surface area contributed by atoms with Gasteiger partial charge in [-0.1, -0.05) is 80.6 Å². The van der Waals surface area contributed by atoms with Gasteiger partial charge in [-0.3, -0.25) is 4.79 Å². The molecule has 0 saturated heterocycles. The monoisotopic (exact) mass is 373 g/mol. The average Bonchev–Trinajstić information content (AvgIpc) is 3.46. The fourth-order valence-corrected chi connectivity index (χ4v) is 3.41. The van der Waals surface area contributed by atoms with Gasteiger partial charge < -0.3 is 5.32 Å². The fourth-order valence-electron chi connectivity index (χ4n) is 3.41. The minimum Gasteiger partial charge on any atom is -0.352 e. The van der Waals surface area contributed by atoms with E-state index < -0.39 is 0 Å². The second-order valence-electron chi connectivity index (χ2n) is 8.30. The molecule has 2 atom stereocenters. The Kier molecular flexibility index (Phi) is 6.86. The number of carbonyl (C=O) groups excluding carboxylic acids is 1. The van der Waals surface area contributed by atoms with Crippen molar-refractivity contribution in [3.63, 3.8) is 0 Å². The van der Waals surface area contributed by atoms with Crippen LogP contribution < -0.4 is 5.32 Å². The molecule has 1 saturated carbocycles. The molecule has 0 heterocycles. The van der Waals surface area contributed by atoms with Gasteiger partial charge >= 0.3 is 0 Å². The van der Waals surface area contributed by atoms with Gasteiger partial charge in [-0.25, -0.2) is 0 Å². The van der Waals surface area contributed by atoms with Crippen LogP contribution in [0.1, 0.15) is 49.8 Å². The van der Waals surface area contributed by atoms with Crippen LogP contribution in [0.3, 0.4) is 0 Å². The van der Waals surface area contributed by atoms with Gasteiger partial charge in [0, 0.05) is 12.6 Å². The van der Waals surface area contributed by atoms with Gasteiger partial charge in [-0.15, -0.1) is 0 Å². The maximum atomic E-state index is 11.8. The third-order valence-electron chi connectivity index (χ3n) is 5.15. The molecule has 0 aliphatic heterocycles. The molecule has 2 aromatic carbocycles. The van der Waals surface area contributed by atoms with Crippen molar-refractivity contribution in [1.29, 1.82) is 0 Å². The van der Waals surface area contributed by atoms with Crippen LogP contribution in [0, 0.1) is 11.8 Å². The van der Waals surface area contributed by atoms with E-state index in [0.29, 0.717) is 17.8 Å². The zero-order valence-electron chi connectivity index (χ0n) is 17.2. The van der Waals surface area contributed by atoms with Crippen molar-refractivity contribution in [1.82, 2.24) is 5.32 Å². The third kappa shape index (κ3) is 6.23. The van der Waals surface area contributed by atoms with Crippen molar-refractivity contribution in [3.05, 3.63) is 95.1 Å². The summed E-state index contributed by atoms with van der Waals surface area (Å²) in [5, 5.41) is 2.92. The van der Waals surface area contributed by atoms with Crippen molar-refractivity contribution >= 4 is 5.91 Å². The van der Waals surface area contributed by atoms with Crippen LogP contribution in [-0.2, 0) is 11.2 Å². The van der Waals surface area contributed by atoms with Crippen LogP contribution in [0.4, 0.5) is 0 Å². The van der Waals surface area contributed by atoms with Crippen molar-refractivity contribution in [3.8, 4) is 0 Å². The standard InChI is InChI=1S/C26H31NO/c1-19(2)18-27-26(28)15-20(3)9-12-24-17-25(24)23-13-10-22(11-14-23)16-21-7-5-4-6-8-21/h4-15,19,24-25H,16-18H2,1-3H3,(H,27,28)/b12-9+,20-15+/t24-,25+/m1/s1. The van der Waals surface area contributed by atoms with Crippen molar-refractivity contribution in [2.24, 2.45) is 11.8 Å². The summed E-state index contributed by atoms with van der Waals surface area (Å²) in [7, 11) is 0. The molecule has 28 heavy (non-hydrogen) atoms. The predicted molar refractivity (Wildman–Crippen MR) is 117 cm³/mol. The van der Waals surface area contributed by atoms with Crippen LogP contribution >= 0.6 is 0 Å². The molecule has 1 aliphatic rings. The van der Waals surface area contributed by atoms with E-state index in [4.69, 9.17) is 0 Å². The topological polar surface area (TPSA) is 29.1 Å². The minimum atomic E-state index is -0.00259. The normalized spacial score (nSPS) is 19.2. The zero-order valence-corrected chi connectivity index (χ0v) is 17.2. The van der Waals surface area contributed by atoms with Crippen LogP contribution in [0.2, 0.25) is 0 Å². The number of allylic oxidation sites excluding steroid dienone is 3. The molecular formula is C26H31NO. The van der Waals surface area contributed by atoms with Gasteiger partial charge in [0.1, 0.15) is 0 Å². The first-order valence-corrected chi connectivity index (χ1v) is 10.3. The van der Waals surface area contributed by atoms with E-state index in [1.807, 2.05) is 6.92 Å². The summed E-state index contributed by atoms with van der Waals surface area (Å²) in [6.07, 6.45) is 8.21. The number of hydrogen-bond donors (Lipinski definition) is 1. The fraction of sp³-hybridized carbons (Fsp3) is 0.346. The van der Waals surface area contributed by atoms with Gasteiger partial charge in [0.2, 0.25) is 5.91 Å². The second-order valence-corrected chi connectivity index (χ2v) is 8.30. The van der Waals surface area contributed by atoms with Gasteiger partial charge in [0.15, 0.2) is 0 Å². The Morgan fingerprint density at radius 3 is 2.43 bits per heavy atom. The van der Waals surface area contributed by atoms with Crippen molar-refractivity contribution in [2.45, 2.75) is 39.5 Å². The first kappa shape index (κ1) is 20.1. The number of nitrogens with one attached hydrogen (secondary N) is 1. The minimum absolute atomic E-state index is 0.00259. The van der Waals surface area contributed by atoms with E-state index in [0.717, 1.165) is 18.5 Å². The number of rotatable bonds is 8. The molecule has 2 aromatic rings. The van der Waals surface area contributed by atoms with Gasteiger partial charge in [-0.05, 0) is 59.8 Å². The summed E-state index contributed by atoms with van der Waals surface area (Å²) in [6.45, 7) is 6.90. The number of benzene rings is 2. The maximum absolute atomic E-state index is 11.8. The SMILES string of the molecule is CC(/C=C/[C@@H]1C[C@H]1c1ccc(Cc2ccccc2)cc1)=C\C(=O)NCC(C)C. The summed E-state index contributed by atoms with van der Waals surface area (Å²) in [6, 6.07) is 19.7. The molecular weight excluding hydrogens is 342 g/mol. The summed E-state index contributed by atoms with van der Waals surface area (Å²) in [5.74, 6) is 1.67. The molecule has 0 bridgehead atoms. The zero-order chi connectivity index (χ0) is 19.9. The highest BCUT2D eigenvalue weighted by molar-refractivity contribution is 5.88. The second kappa shape index (κ2) is 9.54. The van der Waals surface area contributed by atoms with E-state index in [2.05, 4.69) is 85.9 Å². The summed E-state index contributed by atoms with van der Waals surface area (Å²) in [5.41, 5.74) is 5.13. The maximum Gasteiger partial charge on any atom is 0.244 e. The molecule has 0 aromatic heterocycles. The Hall–Kier alpha value is -2.61. The molecule has 1 amide bonds. The Balaban J connectivity index is 1.49. The Morgan fingerprint density at radius 1 is 1.07 bits per heavy atom. The van der Waals surface area contributed by atoms with E-state index in [9.17, 15) is 4.79 Å². The lowest BCUT2D eigenvalue weighted by Crippen LogP contribution is -2.25. The smallest absolute Gasteiger partial charge is 0.244 e. The molecule has 0 spiro atoms. The van der Waals surface area contributed by atoms with Gasteiger partial charge in [-0.2, -0.15) is 0 Å². The first-order chi connectivity index (χ1) is 13.5. The van der Waals surface area contributed by atoms with Crippen molar-refractivity contribution < 1.29 is 4.79 Å². The largest absolute Gasteiger partial charge is 0.352 e. The van der Waals surface area contributed by atoms with Gasteiger partial charge in [0.25, 0.3) is 0 Å². The molecule has 146 valence electrons. The van der Waals surface area contributed by atoms with Crippen LogP contribution in [0.25, 0.3) is 0 Å². The Labute approximate surface area is 169 Å². The number of carbonyl (C=O) groups is 1. The Bertz CT molecular complexity index is 830. The molecule has 0 unspecified atom stereocenters. The molecule has 1 N–H and O–H groups in total. The molecule has 3 rings (SSSR count). The predicted octanol–water partition coefficient (Wildman–Crippen LogP) is 5.66. The van der Waals surface area contributed by atoms with E-state index >= 15 is 0 Å². The summed E-state index contributed by atoms with van der Waals surface area (Å²) >= 11 is 0. The highest BCUT2D eigenvalue weighted by atomic mass is 16.1. The lowest BCUT2D eigenvalue weighted by molar-refractivity contribution is -0.116. The molecule has 2 heteroatoms. The highest BCUT2D eigenvalue weighted by Gasteiger charge is 2.35. The molecule has 1 aliphatic carbocycles.